The van der Waals surface area contributed by atoms with Crippen molar-refractivity contribution >= 4 is 23.6 Å². The molecule has 3 aliphatic heterocycles. The first-order chi connectivity index (χ1) is 13.6. The first-order valence-electron chi connectivity index (χ1n) is 10.1. The highest BCUT2D eigenvalue weighted by Gasteiger charge is 2.45. The summed E-state index contributed by atoms with van der Waals surface area (Å²) in [5, 5.41) is 5.76. The minimum atomic E-state index is -0.913. The molecule has 2 N–H and O–H groups in total. The summed E-state index contributed by atoms with van der Waals surface area (Å²) in [5.74, 6) is -1.79. The maximum atomic E-state index is 13.0. The van der Waals surface area contributed by atoms with E-state index in [1.54, 1.807) is 12.1 Å². The number of carbonyl (C=O) groups excluding carboxylic acids is 4. The summed E-state index contributed by atoms with van der Waals surface area (Å²) in [7, 11) is 0. The number of rotatable bonds is 5. The Labute approximate surface area is 163 Å². The molecule has 3 heterocycles. The van der Waals surface area contributed by atoms with E-state index in [0.717, 1.165) is 36.3 Å². The molecule has 2 fully saturated rings. The van der Waals surface area contributed by atoms with Crippen molar-refractivity contribution in [3.63, 3.8) is 0 Å². The van der Waals surface area contributed by atoms with E-state index in [1.165, 1.54) is 19.3 Å². The van der Waals surface area contributed by atoms with E-state index in [4.69, 9.17) is 0 Å². The van der Waals surface area contributed by atoms with Crippen LogP contribution < -0.4 is 10.6 Å². The first kappa shape index (κ1) is 18.8. The Morgan fingerprint density at radius 2 is 1.89 bits per heavy atom. The van der Waals surface area contributed by atoms with Crippen molar-refractivity contribution < 1.29 is 19.2 Å². The second-order valence-electron chi connectivity index (χ2n) is 7.83. The van der Waals surface area contributed by atoms with E-state index in [9.17, 15) is 19.2 Å². The number of hydrogen-bond donors (Lipinski definition) is 2. The number of benzene rings is 1. The zero-order chi connectivity index (χ0) is 19.7. The number of nitrogens with one attached hydrogen (secondary N) is 2. The second kappa shape index (κ2) is 7.83. The van der Waals surface area contributed by atoms with Crippen molar-refractivity contribution in [1.82, 2.24) is 15.5 Å². The Kier molecular flexibility index (Phi) is 5.26. The summed E-state index contributed by atoms with van der Waals surface area (Å²) in [6.07, 6.45) is 6.69. The van der Waals surface area contributed by atoms with Crippen molar-refractivity contribution in [2.75, 3.05) is 6.54 Å². The average Bonchev–Trinajstić information content (AvgIpc) is 2.94. The van der Waals surface area contributed by atoms with Crippen LogP contribution in [0.2, 0.25) is 0 Å². The van der Waals surface area contributed by atoms with Gasteiger partial charge in [0.15, 0.2) is 0 Å². The molecule has 0 radical (unpaired) electrons. The highest BCUT2D eigenvalue weighted by Crippen LogP contribution is 2.30. The van der Waals surface area contributed by atoms with Crippen LogP contribution in [-0.4, -0.2) is 47.2 Å². The fourth-order valence-electron chi connectivity index (χ4n) is 4.50. The lowest BCUT2D eigenvalue weighted by molar-refractivity contribution is -0.136. The van der Waals surface area contributed by atoms with Gasteiger partial charge in [-0.15, -0.1) is 0 Å². The Bertz CT molecular complexity index is 829. The molecule has 1 aromatic rings. The van der Waals surface area contributed by atoms with Gasteiger partial charge in [0.05, 0.1) is 11.1 Å². The molecule has 4 rings (SSSR count). The van der Waals surface area contributed by atoms with Gasteiger partial charge in [-0.05, 0) is 56.7 Å². The maximum Gasteiger partial charge on any atom is 0.262 e. The van der Waals surface area contributed by atoms with E-state index in [-0.39, 0.29) is 18.7 Å². The van der Waals surface area contributed by atoms with Gasteiger partial charge in [0.1, 0.15) is 6.04 Å². The van der Waals surface area contributed by atoms with Gasteiger partial charge in [-0.1, -0.05) is 18.6 Å². The molecule has 1 aromatic carbocycles. The summed E-state index contributed by atoms with van der Waals surface area (Å²) < 4.78 is 0. The summed E-state index contributed by atoms with van der Waals surface area (Å²) >= 11 is 0. The minimum Gasteiger partial charge on any atom is -0.314 e. The van der Waals surface area contributed by atoms with Gasteiger partial charge >= 0.3 is 0 Å². The van der Waals surface area contributed by atoms with Crippen LogP contribution in [0, 0.1) is 0 Å². The largest absolute Gasteiger partial charge is 0.314 e. The SMILES string of the molecule is O=C1CCC(N2C(=O)c3cccc(CCCC4CCCCN4)c3C2=O)C(=O)N1. The van der Waals surface area contributed by atoms with Gasteiger partial charge in [0.2, 0.25) is 11.8 Å². The molecule has 2 unspecified atom stereocenters. The Morgan fingerprint density at radius 3 is 2.64 bits per heavy atom. The number of aryl methyl sites for hydroxylation is 1. The predicted octanol–water partition coefficient (Wildman–Crippen LogP) is 1.55. The van der Waals surface area contributed by atoms with Crippen molar-refractivity contribution in [1.29, 1.82) is 0 Å². The zero-order valence-corrected chi connectivity index (χ0v) is 15.8. The minimum absolute atomic E-state index is 0.130. The standard InChI is InChI=1S/C21H25N3O4/c25-17-11-10-16(19(26)23-17)24-20(27)15-9-4-6-13(18(15)21(24)28)5-3-8-14-7-1-2-12-22-14/h4,6,9,14,16,22H,1-3,5,7-8,10-12H2,(H,23,25,26). The monoisotopic (exact) mass is 383 g/mol. The van der Waals surface area contributed by atoms with Gasteiger partial charge in [-0.2, -0.15) is 0 Å². The molecule has 2 atom stereocenters. The van der Waals surface area contributed by atoms with Gasteiger partial charge < -0.3 is 5.32 Å². The van der Waals surface area contributed by atoms with E-state index in [1.807, 2.05) is 6.07 Å². The number of fused-ring (bicyclic) bond motifs is 1. The molecule has 7 nitrogen and oxygen atoms in total. The van der Waals surface area contributed by atoms with Crippen LogP contribution >= 0.6 is 0 Å². The van der Waals surface area contributed by atoms with E-state index in [2.05, 4.69) is 10.6 Å². The third-order valence-corrected chi connectivity index (χ3v) is 5.97. The number of carbonyl (C=O) groups is 4. The highest BCUT2D eigenvalue weighted by molar-refractivity contribution is 6.24. The highest BCUT2D eigenvalue weighted by atomic mass is 16.2. The van der Waals surface area contributed by atoms with Crippen LogP contribution in [0.3, 0.4) is 0 Å². The number of piperidine rings is 2. The average molecular weight is 383 g/mol. The summed E-state index contributed by atoms with van der Waals surface area (Å²) in [4.78, 5) is 50.5. The molecule has 2 saturated heterocycles. The van der Waals surface area contributed by atoms with Crippen LogP contribution in [0.5, 0.6) is 0 Å². The number of hydrogen-bond acceptors (Lipinski definition) is 5. The second-order valence-corrected chi connectivity index (χ2v) is 7.83. The smallest absolute Gasteiger partial charge is 0.262 e. The molecule has 0 aliphatic carbocycles. The Balaban J connectivity index is 1.49. The van der Waals surface area contributed by atoms with Gasteiger partial charge in [-0.25, -0.2) is 0 Å². The maximum absolute atomic E-state index is 13.0. The normalized spacial score (nSPS) is 25.1. The summed E-state index contributed by atoms with van der Waals surface area (Å²) in [6.45, 7) is 1.07. The van der Waals surface area contributed by atoms with Crippen LogP contribution in [0.15, 0.2) is 18.2 Å². The molecule has 0 aromatic heterocycles. The van der Waals surface area contributed by atoms with Crippen molar-refractivity contribution in [3.05, 3.63) is 34.9 Å². The topological polar surface area (TPSA) is 95.6 Å². The van der Waals surface area contributed by atoms with Crippen molar-refractivity contribution in [3.8, 4) is 0 Å². The van der Waals surface area contributed by atoms with E-state index >= 15 is 0 Å². The summed E-state index contributed by atoms with van der Waals surface area (Å²) in [6, 6.07) is 4.96. The van der Waals surface area contributed by atoms with Crippen molar-refractivity contribution in [2.45, 2.75) is 63.5 Å². The predicted molar refractivity (Wildman–Crippen MR) is 102 cm³/mol. The Hall–Kier alpha value is -2.54. The molecule has 4 amide bonds. The molecule has 0 saturated carbocycles. The molecule has 148 valence electrons. The van der Waals surface area contributed by atoms with E-state index < -0.39 is 23.8 Å². The molecule has 0 spiro atoms. The van der Waals surface area contributed by atoms with Gasteiger partial charge in [0, 0.05) is 12.5 Å². The quantitative estimate of drug-likeness (QED) is 0.752. The molecule has 28 heavy (non-hydrogen) atoms. The lowest BCUT2D eigenvalue weighted by Crippen LogP contribution is -2.54. The van der Waals surface area contributed by atoms with Crippen LogP contribution in [0.4, 0.5) is 0 Å². The molecular formula is C21H25N3O4. The van der Waals surface area contributed by atoms with Crippen molar-refractivity contribution in [2.24, 2.45) is 0 Å². The van der Waals surface area contributed by atoms with Crippen LogP contribution in [0.1, 0.15) is 71.2 Å². The van der Waals surface area contributed by atoms with E-state index in [0.29, 0.717) is 17.2 Å². The number of nitrogens with zero attached hydrogens (tertiary/aromatic N) is 1. The first-order valence-corrected chi connectivity index (χ1v) is 10.1. The van der Waals surface area contributed by atoms with Crippen LogP contribution in [0.25, 0.3) is 0 Å². The third-order valence-electron chi connectivity index (χ3n) is 5.97. The summed E-state index contributed by atoms with van der Waals surface area (Å²) in [5.41, 5.74) is 1.65. The molecule has 0 bridgehead atoms. The van der Waals surface area contributed by atoms with Gasteiger partial charge in [0.25, 0.3) is 11.8 Å². The lowest BCUT2D eigenvalue weighted by atomic mass is 9.95. The molecule has 7 heteroatoms. The fraction of sp³-hybridized carbons (Fsp3) is 0.524. The number of amides is 4. The Morgan fingerprint density at radius 1 is 1.04 bits per heavy atom. The molecular weight excluding hydrogens is 358 g/mol. The van der Waals surface area contributed by atoms with Gasteiger partial charge in [-0.3, -0.25) is 29.4 Å². The zero-order valence-electron chi connectivity index (χ0n) is 15.8. The third kappa shape index (κ3) is 3.46. The van der Waals surface area contributed by atoms with Crippen LogP contribution in [-0.2, 0) is 16.0 Å². The molecule has 3 aliphatic rings. The number of imide groups is 2. The lowest BCUT2D eigenvalue weighted by Gasteiger charge is -2.27. The fourth-order valence-corrected chi connectivity index (χ4v) is 4.50.